The van der Waals surface area contributed by atoms with E-state index in [0.29, 0.717) is 18.5 Å². The maximum atomic E-state index is 13.3. The van der Waals surface area contributed by atoms with Crippen LogP contribution in [0, 0.1) is 17.5 Å². The van der Waals surface area contributed by atoms with Gasteiger partial charge in [-0.2, -0.15) is 0 Å². The normalized spacial score (nSPS) is 12.4. The molecule has 2 aromatic carbocycles. The molecule has 1 N–H and O–H groups in total. The van der Waals surface area contributed by atoms with E-state index in [1.54, 1.807) is 13.1 Å². The first-order valence-corrected chi connectivity index (χ1v) is 6.43. The largest absolute Gasteiger partial charge is 0.319 e. The van der Waals surface area contributed by atoms with Crippen LogP contribution in [0.5, 0.6) is 0 Å². The second-order valence-electron chi connectivity index (χ2n) is 4.79. The highest BCUT2D eigenvalue weighted by molar-refractivity contribution is 5.26. The van der Waals surface area contributed by atoms with Crippen LogP contribution in [0.3, 0.4) is 0 Å². The molecule has 1 unspecified atom stereocenters. The van der Waals surface area contributed by atoms with E-state index in [9.17, 15) is 13.2 Å². The van der Waals surface area contributed by atoms with Crippen LogP contribution in [0.4, 0.5) is 13.2 Å². The molecule has 0 bridgehead atoms. The third-order valence-corrected chi connectivity index (χ3v) is 3.18. The number of hydrogen-bond acceptors (Lipinski definition) is 1. The van der Waals surface area contributed by atoms with E-state index in [1.165, 1.54) is 24.3 Å². The summed E-state index contributed by atoms with van der Waals surface area (Å²) in [4.78, 5) is 0. The van der Waals surface area contributed by atoms with Crippen molar-refractivity contribution in [1.29, 1.82) is 0 Å². The third-order valence-electron chi connectivity index (χ3n) is 3.18. The Hall–Kier alpha value is -1.81. The molecular formula is C16H16F3N. The van der Waals surface area contributed by atoms with Gasteiger partial charge in [-0.05, 0) is 48.9 Å². The fourth-order valence-electron chi connectivity index (χ4n) is 2.33. The quantitative estimate of drug-likeness (QED) is 0.881. The van der Waals surface area contributed by atoms with Gasteiger partial charge in [0.15, 0.2) is 0 Å². The highest BCUT2D eigenvalue weighted by Crippen LogP contribution is 2.22. The van der Waals surface area contributed by atoms with Gasteiger partial charge in [0.2, 0.25) is 0 Å². The highest BCUT2D eigenvalue weighted by atomic mass is 19.1. The third kappa shape index (κ3) is 3.84. The molecule has 2 rings (SSSR count). The molecular weight excluding hydrogens is 263 g/mol. The van der Waals surface area contributed by atoms with Gasteiger partial charge in [0.25, 0.3) is 0 Å². The van der Waals surface area contributed by atoms with Crippen molar-refractivity contribution in [1.82, 2.24) is 5.32 Å². The minimum absolute atomic E-state index is 0.0445. The molecule has 0 aromatic heterocycles. The molecule has 0 spiro atoms. The van der Waals surface area contributed by atoms with Gasteiger partial charge in [0.05, 0.1) is 0 Å². The van der Waals surface area contributed by atoms with Crippen molar-refractivity contribution in [3.63, 3.8) is 0 Å². The molecule has 1 atom stereocenters. The number of hydrogen-bond donors (Lipinski definition) is 1. The lowest BCUT2D eigenvalue weighted by atomic mass is 9.91. The van der Waals surface area contributed by atoms with E-state index in [4.69, 9.17) is 0 Å². The second-order valence-corrected chi connectivity index (χ2v) is 4.79. The Kier molecular flexibility index (Phi) is 4.79. The lowest BCUT2D eigenvalue weighted by molar-refractivity contribution is 0.569. The topological polar surface area (TPSA) is 12.0 Å². The van der Waals surface area contributed by atoms with Crippen molar-refractivity contribution < 1.29 is 13.2 Å². The van der Waals surface area contributed by atoms with Gasteiger partial charge < -0.3 is 5.32 Å². The summed E-state index contributed by atoms with van der Waals surface area (Å²) in [5, 5.41) is 3.03. The SMILES string of the molecule is CNCC(Cc1cc(F)cc(F)c1)c1cccc(F)c1. The average Bonchev–Trinajstić information content (AvgIpc) is 2.37. The van der Waals surface area contributed by atoms with E-state index in [2.05, 4.69) is 5.32 Å². The Bertz CT molecular complexity index is 563. The van der Waals surface area contributed by atoms with Crippen molar-refractivity contribution in [3.8, 4) is 0 Å². The summed E-state index contributed by atoms with van der Waals surface area (Å²) in [6, 6.07) is 9.76. The first kappa shape index (κ1) is 14.6. The molecule has 0 radical (unpaired) electrons. The summed E-state index contributed by atoms with van der Waals surface area (Å²) >= 11 is 0. The van der Waals surface area contributed by atoms with Crippen molar-refractivity contribution in [3.05, 3.63) is 71.0 Å². The molecule has 0 aliphatic carbocycles. The number of benzene rings is 2. The average molecular weight is 279 g/mol. The lowest BCUT2D eigenvalue weighted by Crippen LogP contribution is -2.19. The molecule has 0 saturated carbocycles. The predicted molar refractivity (Wildman–Crippen MR) is 73.1 cm³/mol. The van der Waals surface area contributed by atoms with Gasteiger partial charge in [0, 0.05) is 18.5 Å². The summed E-state index contributed by atoms with van der Waals surface area (Å²) < 4.78 is 39.7. The number of nitrogens with one attached hydrogen (secondary N) is 1. The minimum Gasteiger partial charge on any atom is -0.319 e. The molecule has 2 aromatic rings. The number of likely N-dealkylation sites (N-methyl/N-ethyl adjacent to an activating group) is 1. The summed E-state index contributed by atoms with van der Waals surface area (Å²) in [6.07, 6.45) is 0.443. The van der Waals surface area contributed by atoms with Crippen LogP contribution in [0.1, 0.15) is 17.0 Å². The van der Waals surface area contributed by atoms with Crippen molar-refractivity contribution in [2.24, 2.45) is 0 Å². The second kappa shape index (κ2) is 6.57. The summed E-state index contributed by atoms with van der Waals surface area (Å²) in [7, 11) is 1.79. The van der Waals surface area contributed by atoms with Crippen molar-refractivity contribution in [2.75, 3.05) is 13.6 Å². The molecule has 106 valence electrons. The Morgan fingerprint density at radius 1 is 0.950 bits per heavy atom. The monoisotopic (exact) mass is 279 g/mol. The molecule has 0 aliphatic heterocycles. The van der Waals surface area contributed by atoms with Gasteiger partial charge in [-0.15, -0.1) is 0 Å². The van der Waals surface area contributed by atoms with E-state index in [-0.39, 0.29) is 11.7 Å². The molecule has 1 nitrogen and oxygen atoms in total. The van der Waals surface area contributed by atoms with Crippen LogP contribution >= 0.6 is 0 Å². The lowest BCUT2D eigenvalue weighted by Gasteiger charge is -2.17. The zero-order valence-corrected chi connectivity index (χ0v) is 11.2. The predicted octanol–water partition coefficient (Wildman–Crippen LogP) is 3.65. The maximum absolute atomic E-state index is 13.3. The van der Waals surface area contributed by atoms with Crippen LogP contribution in [0.2, 0.25) is 0 Å². The zero-order valence-electron chi connectivity index (χ0n) is 11.2. The molecule has 0 aliphatic rings. The Balaban J connectivity index is 2.25. The fraction of sp³-hybridized carbons (Fsp3) is 0.250. The molecule has 0 amide bonds. The van der Waals surface area contributed by atoms with Gasteiger partial charge in [-0.1, -0.05) is 12.1 Å². The van der Waals surface area contributed by atoms with Gasteiger partial charge in [0.1, 0.15) is 17.5 Å². The Morgan fingerprint density at radius 3 is 2.25 bits per heavy atom. The highest BCUT2D eigenvalue weighted by Gasteiger charge is 2.13. The first-order chi connectivity index (χ1) is 9.58. The molecule has 0 saturated heterocycles. The molecule has 0 heterocycles. The van der Waals surface area contributed by atoms with E-state index < -0.39 is 11.6 Å². The summed E-state index contributed by atoms with van der Waals surface area (Å²) in [6.45, 7) is 0.599. The Morgan fingerprint density at radius 2 is 1.65 bits per heavy atom. The Labute approximate surface area is 116 Å². The van der Waals surface area contributed by atoms with E-state index in [0.717, 1.165) is 11.6 Å². The van der Waals surface area contributed by atoms with Crippen LogP contribution in [0.15, 0.2) is 42.5 Å². The number of rotatable bonds is 5. The van der Waals surface area contributed by atoms with Gasteiger partial charge in [-0.25, -0.2) is 13.2 Å². The first-order valence-electron chi connectivity index (χ1n) is 6.43. The smallest absolute Gasteiger partial charge is 0.126 e. The van der Waals surface area contributed by atoms with Crippen molar-refractivity contribution >= 4 is 0 Å². The molecule has 20 heavy (non-hydrogen) atoms. The van der Waals surface area contributed by atoms with E-state index >= 15 is 0 Å². The molecule has 4 heteroatoms. The number of halogens is 3. The fourth-order valence-corrected chi connectivity index (χ4v) is 2.33. The van der Waals surface area contributed by atoms with Crippen LogP contribution < -0.4 is 5.32 Å². The van der Waals surface area contributed by atoms with Crippen LogP contribution in [0.25, 0.3) is 0 Å². The van der Waals surface area contributed by atoms with Gasteiger partial charge in [-0.3, -0.25) is 0 Å². The zero-order chi connectivity index (χ0) is 14.5. The van der Waals surface area contributed by atoms with Crippen LogP contribution in [-0.2, 0) is 6.42 Å². The minimum atomic E-state index is -0.595. The van der Waals surface area contributed by atoms with Gasteiger partial charge >= 0.3 is 0 Å². The van der Waals surface area contributed by atoms with Crippen LogP contribution in [-0.4, -0.2) is 13.6 Å². The maximum Gasteiger partial charge on any atom is 0.126 e. The van der Waals surface area contributed by atoms with Crippen molar-refractivity contribution in [2.45, 2.75) is 12.3 Å². The standard InChI is InChI=1S/C16H16F3N/c1-20-10-13(12-3-2-4-14(17)8-12)5-11-6-15(18)9-16(19)7-11/h2-4,6-9,13,20H,5,10H2,1H3. The molecule has 0 fully saturated rings. The summed E-state index contributed by atoms with van der Waals surface area (Å²) in [5.41, 5.74) is 1.37. The summed E-state index contributed by atoms with van der Waals surface area (Å²) in [5.74, 6) is -1.55. The van der Waals surface area contributed by atoms with E-state index in [1.807, 2.05) is 6.07 Å².